The Morgan fingerprint density at radius 2 is 1.88 bits per heavy atom. The van der Waals surface area contributed by atoms with Crippen LogP contribution in [0.1, 0.15) is 13.8 Å². The molecule has 4 nitrogen and oxygen atoms in total. The van der Waals surface area contributed by atoms with Gasteiger partial charge in [0.05, 0.1) is 6.61 Å². The lowest BCUT2D eigenvalue weighted by Crippen LogP contribution is -2.45. The van der Waals surface area contributed by atoms with E-state index in [0.717, 1.165) is 18.0 Å². The molecule has 4 heteroatoms. The Hall–Kier alpha value is -1.26. The number of likely N-dealkylation sites (N-methyl/N-ethyl adjacent to an activating group) is 1. The second kappa shape index (κ2) is 5.89. The van der Waals surface area contributed by atoms with Crippen LogP contribution in [0.4, 0.5) is 5.69 Å². The number of benzene rings is 1. The summed E-state index contributed by atoms with van der Waals surface area (Å²) in [6, 6.07) is 7.34. The minimum absolute atomic E-state index is 0.130. The van der Waals surface area contributed by atoms with Crippen molar-refractivity contribution in [1.82, 2.24) is 4.90 Å². The molecule has 1 rings (SSSR count). The summed E-state index contributed by atoms with van der Waals surface area (Å²) in [6.07, 6.45) is 0. The summed E-state index contributed by atoms with van der Waals surface area (Å²) in [5.74, 6) is 0.814. The van der Waals surface area contributed by atoms with Crippen LogP contribution in [-0.4, -0.2) is 42.4 Å². The highest BCUT2D eigenvalue weighted by Gasteiger charge is 2.21. The summed E-state index contributed by atoms with van der Waals surface area (Å²) >= 11 is 0. The highest BCUT2D eigenvalue weighted by Crippen LogP contribution is 2.14. The minimum Gasteiger partial charge on any atom is -0.492 e. The molecule has 0 heterocycles. The number of nitrogens with two attached hydrogens (primary N) is 1. The van der Waals surface area contributed by atoms with E-state index in [1.807, 2.05) is 45.2 Å². The molecule has 0 amide bonds. The highest BCUT2D eigenvalue weighted by atomic mass is 16.5. The predicted octanol–water partition coefficient (Wildman–Crippen LogP) is 1.35. The van der Waals surface area contributed by atoms with Crippen LogP contribution in [0, 0.1) is 0 Å². The third-order valence-corrected chi connectivity index (χ3v) is 3.00. The number of aliphatic hydroxyl groups is 1. The van der Waals surface area contributed by atoms with Gasteiger partial charge >= 0.3 is 0 Å². The van der Waals surface area contributed by atoms with Crippen LogP contribution < -0.4 is 10.5 Å². The van der Waals surface area contributed by atoms with E-state index >= 15 is 0 Å². The van der Waals surface area contributed by atoms with Crippen molar-refractivity contribution in [2.24, 2.45) is 0 Å². The van der Waals surface area contributed by atoms with Crippen LogP contribution in [-0.2, 0) is 0 Å². The molecule has 17 heavy (non-hydrogen) atoms. The van der Waals surface area contributed by atoms with Gasteiger partial charge in [0.1, 0.15) is 12.4 Å². The first-order chi connectivity index (χ1) is 7.95. The Morgan fingerprint density at radius 1 is 1.29 bits per heavy atom. The van der Waals surface area contributed by atoms with E-state index in [1.165, 1.54) is 0 Å². The van der Waals surface area contributed by atoms with Gasteiger partial charge in [-0.15, -0.1) is 0 Å². The van der Waals surface area contributed by atoms with E-state index in [2.05, 4.69) is 4.90 Å². The lowest BCUT2D eigenvalue weighted by atomic mass is 10.1. The van der Waals surface area contributed by atoms with Gasteiger partial charge in [-0.2, -0.15) is 0 Å². The Bertz CT molecular complexity index is 336. The second-order valence-electron chi connectivity index (χ2n) is 4.81. The number of rotatable bonds is 6. The summed E-state index contributed by atoms with van der Waals surface area (Å²) in [6.45, 7) is 5.47. The molecule has 0 aliphatic heterocycles. The number of aliphatic hydroxyl groups excluding tert-OH is 1. The smallest absolute Gasteiger partial charge is 0.119 e. The fourth-order valence-corrected chi connectivity index (χ4v) is 1.29. The van der Waals surface area contributed by atoms with Gasteiger partial charge < -0.3 is 15.6 Å². The van der Waals surface area contributed by atoms with E-state index in [4.69, 9.17) is 10.5 Å². The van der Waals surface area contributed by atoms with Crippen molar-refractivity contribution in [3.8, 4) is 5.75 Å². The lowest BCUT2D eigenvalue weighted by Gasteiger charge is -2.33. The van der Waals surface area contributed by atoms with Gasteiger partial charge in [-0.3, -0.25) is 4.90 Å². The summed E-state index contributed by atoms with van der Waals surface area (Å²) in [5, 5.41) is 9.21. The van der Waals surface area contributed by atoms with Crippen molar-refractivity contribution in [3.63, 3.8) is 0 Å². The third kappa shape index (κ3) is 4.24. The third-order valence-electron chi connectivity index (χ3n) is 3.00. The summed E-state index contributed by atoms with van der Waals surface area (Å²) in [4.78, 5) is 2.07. The molecular formula is C13H22N2O2. The largest absolute Gasteiger partial charge is 0.492 e. The molecule has 0 aromatic heterocycles. The predicted molar refractivity (Wildman–Crippen MR) is 70.1 cm³/mol. The SMILES string of the molecule is CN(CCOc1ccc(N)cc1)C(C)(C)CO. The van der Waals surface area contributed by atoms with Gasteiger partial charge in [-0.05, 0) is 45.2 Å². The van der Waals surface area contributed by atoms with E-state index < -0.39 is 0 Å². The molecule has 0 spiro atoms. The van der Waals surface area contributed by atoms with Crippen LogP contribution in [0.5, 0.6) is 5.75 Å². The van der Waals surface area contributed by atoms with Gasteiger partial charge in [0.25, 0.3) is 0 Å². The van der Waals surface area contributed by atoms with Crippen LogP contribution in [0.25, 0.3) is 0 Å². The molecule has 96 valence electrons. The zero-order valence-corrected chi connectivity index (χ0v) is 10.8. The van der Waals surface area contributed by atoms with Gasteiger partial charge in [0, 0.05) is 17.8 Å². The van der Waals surface area contributed by atoms with E-state index in [9.17, 15) is 5.11 Å². The zero-order valence-electron chi connectivity index (χ0n) is 10.8. The summed E-state index contributed by atoms with van der Waals surface area (Å²) in [7, 11) is 1.97. The van der Waals surface area contributed by atoms with E-state index in [-0.39, 0.29) is 12.1 Å². The number of anilines is 1. The molecule has 3 N–H and O–H groups in total. The topological polar surface area (TPSA) is 58.7 Å². The van der Waals surface area contributed by atoms with Gasteiger partial charge in [-0.25, -0.2) is 0 Å². The van der Waals surface area contributed by atoms with Crippen molar-refractivity contribution < 1.29 is 9.84 Å². The normalized spacial score (nSPS) is 11.8. The summed E-state index contributed by atoms with van der Waals surface area (Å²) < 4.78 is 5.59. The standard InChI is InChI=1S/C13H22N2O2/c1-13(2,10-16)15(3)8-9-17-12-6-4-11(14)5-7-12/h4-7,16H,8-10,14H2,1-3H3. The minimum atomic E-state index is -0.218. The molecule has 0 aliphatic carbocycles. The zero-order chi connectivity index (χ0) is 12.9. The monoisotopic (exact) mass is 238 g/mol. The van der Waals surface area contributed by atoms with Crippen LogP contribution in [0.2, 0.25) is 0 Å². The lowest BCUT2D eigenvalue weighted by molar-refractivity contribution is 0.0679. The van der Waals surface area contributed by atoms with Gasteiger partial charge in [-0.1, -0.05) is 0 Å². The summed E-state index contributed by atoms with van der Waals surface area (Å²) in [5.41, 5.74) is 6.10. The molecule has 0 radical (unpaired) electrons. The number of ether oxygens (including phenoxy) is 1. The maximum Gasteiger partial charge on any atom is 0.119 e. The maximum absolute atomic E-state index is 9.21. The quantitative estimate of drug-likeness (QED) is 0.734. The molecule has 0 atom stereocenters. The fourth-order valence-electron chi connectivity index (χ4n) is 1.29. The second-order valence-corrected chi connectivity index (χ2v) is 4.81. The number of nitrogen functional groups attached to an aromatic ring is 1. The molecule has 0 saturated carbocycles. The Morgan fingerprint density at radius 3 is 2.41 bits per heavy atom. The average Bonchev–Trinajstić information content (AvgIpc) is 2.31. The Labute approximate surface area is 103 Å². The maximum atomic E-state index is 9.21. The molecule has 0 bridgehead atoms. The fraction of sp³-hybridized carbons (Fsp3) is 0.538. The van der Waals surface area contributed by atoms with Crippen molar-refractivity contribution in [2.45, 2.75) is 19.4 Å². The number of hydrogen-bond donors (Lipinski definition) is 2. The van der Waals surface area contributed by atoms with Crippen LogP contribution in [0.3, 0.4) is 0 Å². The first-order valence-corrected chi connectivity index (χ1v) is 5.76. The van der Waals surface area contributed by atoms with Crippen molar-refractivity contribution in [2.75, 3.05) is 32.5 Å². The van der Waals surface area contributed by atoms with Crippen LogP contribution >= 0.6 is 0 Å². The molecule has 0 aliphatic rings. The number of hydrogen-bond acceptors (Lipinski definition) is 4. The molecule has 0 fully saturated rings. The highest BCUT2D eigenvalue weighted by molar-refractivity contribution is 5.41. The average molecular weight is 238 g/mol. The van der Waals surface area contributed by atoms with Gasteiger partial charge in [0.2, 0.25) is 0 Å². The first kappa shape index (κ1) is 13.8. The Kier molecular flexibility index (Phi) is 4.78. The van der Waals surface area contributed by atoms with Crippen molar-refractivity contribution in [1.29, 1.82) is 0 Å². The van der Waals surface area contributed by atoms with Gasteiger partial charge in [0.15, 0.2) is 0 Å². The van der Waals surface area contributed by atoms with E-state index in [0.29, 0.717) is 6.61 Å². The van der Waals surface area contributed by atoms with Crippen molar-refractivity contribution in [3.05, 3.63) is 24.3 Å². The van der Waals surface area contributed by atoms with E-state index in [1.54, 1.807) is 0 Å². The van der Waals surface area contributed by atoms with Crippen LogP contribution in [0.15, 0.2) is 24.3 Å². The first-order valence-electron chi connectivity index (χ1n) is 5.76. The Balaban J connectivity index is 2.35. The van der Waals surface area contributed by atoms with Crippen molar-refractivity contribution >= 4 is 5.69 Å². The molecule has 0 unspecified atom stereocenters. The number of nitrogens with zero attached hydrogens (tertiary/aromatic N) is 1. The molecule has 1 aromatic rings. The molecule has 0 saturated heterocycles. The molecular weight excluding hydrogens is 216 g/mol. The molecule has 1 aromatic carbocycles.